The Bertz CT molecular complexity index is 918. The smallest absolute Gasteiger partial charge is 0.338 e. The third-order valence-electron chi connectivity index (χ3n) is 3.94. The third-order valence-corrected chi connectivity index (χ3v) is 3.94. The average molecular weight is 333 g/mol. The molecule has 4 nitrogen and oxygen atoms in total. The highest BCUT2D eigenvalue weighted by molar-refractivity contribution is 5.98. The summed E-state index contributed by atoms with van der Waals surface area (Å²) in [6.07, 6.45) is 0.890. The van der Waals surface area contributed by atoms with E-state index < -0.39 is 5.97 Å². The minimum absolute atomic E-state index is 0.317. The van der Waals surface area contributed by atoms with E-state index >= 15 is 0 Å². The van der Waals surface area contributed by atoms with Crippen LogP contribution < -0.4 is 5.32 Å². The van der Waals surface area contributed by atoms with Gasteiger partial charge in [-0.3, -0.25) is 4.79 Å². The second kappa shape index (κ2) is 7.62. The summed E-state index contributed by atoms with van der Waals surface area (Å²) >= 11 is 0. The van der Waals surface area contributed by atoms with Crippen molar-refractivity contribution in [3.05, 3.63) is 77.9 Å². The molecule has 3 rings (SSSR count). The van der Waals surface area contributed by atoms with Crippen LogP contribution >= 0.6 is 0 Å². The van der Waals surface area contributed by atoms with Crippen LogP contribution in [0.25, 0.3) is 10.8 Å². The number of carbonyl (C=O) groups is 2. The largest absolute Gasteiger partial charge is 0.452 e. The molecule has 0 unspecified atom stereocenters. The fourth-order valence-electron chi connectivity index (χ4n) is 2.60. The summed E-state index contributed by atoms with van der Waals surface area (Å²) in [6, 6.07) is 20.7. The minimum atomic E-state index is -0.511. The van der Waals surface area contributed by atoms with E-state index in [1.807, 2.05) is 61.5 Å². The number of esters is 1. The molecular formula is C21H19NO3. The van der Waals surface area contributed by atoms with Crippen molar-refractivity contribution < 1.29 is 14.3 Å². The highest BCUT2D eigenvalue weighted by Gasteiger charge is 2.11. The molecule has 126 valence electrons. The maximum Gasteiger partial charge on any atom is 0.338 e. The molecule has 0 aromatic heterocycles. The second-order valence-corrected chi connectivity index (χ2v) is 5.74. The van der Waals surface area contributed by atoms with Gasteiger partial charge in [-0.1, -0.05) is 49.4 Å². The summed E-state index contributed by atoms with van der Waals surface area (Å²) in [4.78, 5) is 24.1. The molecular weight excluding hydrogens is 314 g/mol. The van der Waals surface area contributed by atoms with Crippen LogP contribution in [0.15, 0.2) is 66.7 Å². The quantitative estimate of drug-likeness (QED) is 0.712. The normalized spacial score (nSPS) is 10.4. The van der Waals surface area contributed by atoms with Gasteiger partial charge in [-0.25, -0.2) is 4.79 Å². The number of fused-ring (bicyclic) bond motifs is 1. The number of carbonyl (C=O) groups excluding carboxylic acids is 2. The first-order valence-corrected chi connectivity index (χ1v) is 8.20. The molecule has 4 heteroatoms. The van der Waals surface area contributed by atoms with Gasteiger partial charge in [0.15, 0.2) is 6.61 Å². The standard InChI is InChI=1S/C21H19NO3/c1-2-15-6-5-9-19(12-15)22-20(23)14-25-21(24)18-11-10-16-7-3-4-8-17(16)13-18/h3-13H,2,14H2,1H3,(H,22,23). The SMILES string of the molecule is CCc1cccc(NC(=O)COC(=O)c2ccc3ccccc3c2)c1. The number of anilines is 1. The van der Waals surface area contributed by atoms with Crippen molar-refractivity contribution in [3.8, 4) is 0 Å². The van der Waals surface area contributed by atoms with E-state index in [2.05, 4.69) is 5.32 Å². The Kier molecular flexibility index (Phi) is 5.09. The van der Waals surface area contributed by atoms with Crippen molar-refractivity contribution in [1.29, 1.82) is 0 Å². The number of nitrogens with one attached hydrogen (secondary N) is 1. The van der Waals surface area contributed by atoms with E-state index in [1.165, 1.54) is 0 Å². The summed E-state index contributed by atoms with van der Waals surface area (Å²) in [7, 11) is 0. The Morgan fingerprint density at radius 2 is 1.72 bits per heavy atom. The Labute approximate surface area is 146 Å². The molecule has 0 atom stereocenters. The van der Waals surface area contributed by atoms with E-state index in [1.54, 1.807) is 12.1 Å². The predicted molar refractivity (Wildman–Crippen MR) is 98.7 cm³/mol. The van der Waals surface area contributed by atoms with Gasteiger partial charge in [0.25, 0.3) is 5.91 Å². The van der Waals surface area contributed by atoms with Crippen molar-refractivity contribution in [3.63, 3.8) is 0 Å². The first-order valence-electron chi connectivity index (χ1n) is 8.20. The highest BCUT2D eigenvalue weighted by atomic mass is 16.5. The van der Waals surface area contributed by atoms with Crippen molar-refractivity contribution >= 4 is 28.3 Å². The number of amides is 1. The molecule has 0 saturated heterocycles. The van der Waals surface area contributed by atoms with Gasteiger partial charge < -0.3 is 10.1 Å². The maximum atomic E-state index is 12.1. The Balaban J connectivity index is 1.59. The first-order chi connectivity index (χ1) is 12.2. The van der Waals surface area contributed by atoms with E-state index in [-0.39, 0.29) is 12.5 Å². The van der Waals surface area contributed by atoms with Crippen LogP contribution in [0.2, 0.25) is 0 Å². The third kappa shape index (κ3) is 4.23. The molecule has 0 heterocycles. The van der Waals surface area contributed by atoms with Gasteiger partial charge in [0.2, 0.25) is 0 Å². The van der Waals surface area contributed by atoms with Gasteiger partial charge in [-0.05, 0) is 47.0 Å². The zero-order valence-corrected chi connectivity index (χ0v) is 14.0. The molecule has 0 radical (unpaired) electrons. The number of benzene rings is 3. The molecule has 0 bridgehead atoms. The monoisotopic (exact) mass is 333 g/mol. The van der Waals surface area contributed by atoms with Gasteiger partial charge in [0.05, 0.1) is 5.56 Å². The summed E-state index contributed by atoms with van der Waals surface area (Å²) in [5, 5.41) is 4.74. The van der Waals surface area contributed by atoms with Crippen LogP contribution in [0, 0.1) is 0 Å². The number of hydrogen-bond acceptors (Lipinski definition) is 3. The number of hydrogen-bond donors (Lipinski definition) is 1. The molecule has 0 aliphatic rings. The molecule has 1 N–H and O–H groups in total. The lowest BCUT2D eigenvalue weighted by atomic mass is 10.1. The van der Waals surface area contributed by atoms with Crippen molar-refractivity contribution in [2.75, 3.05) is 11.9 Å². The van der Waals surface area contributed by atoms with Gasteiger partial charge in [-0.15, -0.1) is 0 Å². The number of aryl methyl sites for hydroxylation is 1. The lowest BCUT2D eigenvalue weighted by Crippen LogP contribution is -2.21. The zero-order valence-electron chi connectivity index (χ0n) is 14.0. The van der Waals surface area contributed by atoms with Gasteiger partial charge >= 0.3 is 5.97 Å². The summed E-state index contributed by atoms with van der Waals surface area (Å²) in [5.74, 6) is -0.870. The predicted octanol–water partition coefficient (Wildman–Crippen LogP) is 4.20. The maximum absolute atomic E-state index is 12.1. The molecule has 0 spiro atoms. The fourth-order valence-corrected chi connectivity index (χ4v) is 2.60. The summed E-state index contributed by atoms with van der Waals surface area (Å²) < 4.78 is 5.12. The molecule has 0 aliphatic carbocycles. The average Bonchev–Trinajstić information content (AvgIpc) is 2.65. The Morgan fingerprint density at radius 1 is 0.920 bits per heavy atom. The summed E-state index contributed by atoms with van der Waals surface area (Å²) in [5.41, 5.74) is 2.26. The van der Waals surface area contributed by atoms with Crippen LogP contribution in [0.3, 0.4) is 0 Å². The molecule has 25 heavy (non-hydrogen) atoms. The molecule has 3 aromatic carbocycles. The topological polar surface area (TPSA) is 55.4 Å². The summed E-state index contributed by atoms with van der Waals surface area (Å²) in [6.45, 7) is 1.73. The molecule has 1 amide bonds. The van der Waals surface area contributed by atoms with Gasteiger partial charge in [0, 0.05) is 5.69 Å². The van der Waals surface area contributed by atoms with Gasteiger partial charge in [-0.2, -0.15) is 0 Å². The van der Waals surface area contributed by atoms with Crippen molar-refractivity contribution in [1.82, 2.24) is 0 Å². The van der Waals surface area contributed by atoms with Crippen LogP contribution in [0.5, 0.6) is 0 Å². The second-order valence-electron chi connectivity index (χ2n) is 5.74. The van der Waals surface area contributed by atoms with Crippen LogP contribution in [-0.4, -0.2) is 18.5 Å². The Morgan fingerprint density at radius 3 is 2.52 bits per heavy atom. The molecule has 3 aromatic rings. The van der Waals surface area contributed by atoms with Crippen LogP contribution in [-0.2, 0) is 16.0 Å². The Hall–Kier alpha value is -3.14. The van der Waals surface area contributed by atoms with E-state index in [9.17, 15) is 9.59 Å². The fraction of sp³-hybridized carbons (Fsp3) is 0.143. The number of rotatable bonds is 5. The molecule has 0 aliphatic heterocycles. The highest BCUT2D eigenvalue weighted by Crippen LogP contribution is 2.16. The van der Waals surface area contributed by atoms with Gasteiger partial charge in [0.1, 0.15) is 0 Å². The lowest BCUT2D eigenvalue weighted by molar-refractivity contribution is -0.119. The lowest BCUT2D eigenvalue weighted by Gasteiger charge is -2.08. The van der Waals surface area contributed by atoms with Crippen molar-refractivity contribution in [2.45, 2.75) is 13.3 Å². The van der Waals surface area contributed by atoms with E-state index in [0.29, 0.717) is 11.3 Å². The number of ether oxygens (including phenoxy) is 1. The van der Waals surface area contributed by atoms with Crippen LogP contribution in [0.4, 0.5) is 5.69 Å². The first kappa shape index (κ1) is 16.7. The van der Waals surface area contributed by atoms with Crippen LogP contribution in [0.1, 0.15) is 22.8 Å². The van der Waals surface area contributed by atoms with Crippen molar-refractivity contribution in [2.24, 2.45) is 0 Å². The minimum Gasteiger partial charge on any atom is -0.452 e. The molecule has 0 fully saturated rings. The zero-order chi connectivity index (χ0) is 17.6. The van der Waals surface area contributed by atoms with E-state index in [0.717, 1.165) is 22.8 Å². The molecule has 0 saturated carbocycles. The van der Waals surface area contributed by atoms with E-state index in [4.69, 9.17) is 4.74 Å².